The van der Waals surface area contributed by atoms with E-state index < -0.39 is 0 Å². The molecular weight excluding hydrogens is 208 g/mol. The van der Waals surface area contributed by atoms with Crippen molar-refractivity contribution in [3.05, 3.63) is 12.2 Å². The van der Waals surface area contributed by atoms with Gasteiger partial charge in [0, 0.05) is 18.8 Å². The molecule has 1 saturated heterocycles. The molecular formula is C10H14N4O2. The lowest BCUT2D eigenvalue weighted by atomic mass is 9.99. The fourth-order valence-corrected chi connectivity index (χ4v) is 1.85. The summed E-state index contributed by atoms with van der Waals surface area (Å²) in [4.78, 5) is 26.8. The number of aromatic amines is 1. The lowest BCUT2D eigenvalue weighted by Gasteiger charge is -2.11. The van der Waals surface area contributed by atoms with Gasteiger partial charge in [0.05, 0.1) is 6.04 Å². The second-order valence-electron chi connectivity index (χ2n) is 4.10. The van der Waals surface area contributed by atoms with Crippen molar-refractivity contribution in [3.8, 4) is 0 Å². The number of Topliss-reactive ketones (excluding diaryl/α,β-unsaturated/α-hetero) is 1. The smallest absolute Gasteiger partial charge is 0.220 e. The second kappa shape index (κ2) is 4.42. The maximum absolute atomic E-state index is 11.8. The van der Waals surface area contributed by atoms with Gasteiger partial charge in [0.15, 0.2) is 5.78 Å². The Kier molecular flexibility index (Phi) is 2.98. The lowest BCUT2D eigenvalue weighted by Crippen LogP contribution is -2.33. The first kappa shape index (κ1) is 10.8. The van der Waals surface area contributed by atoms with Gasteiger partial charge in [0.2, 0.25) is 5.91 Å². The fraction of sp³-hybridized carbons (Fsp3) is 0.600. The van der Waals surface area contributed by atoms with Gasteiger partial charge in [-0.15, -0.1) is 0 Å². The predicted octanol–water partition coefficient (Wildman–Crippen LogP) is 0.146. The molecule has 1 aromatic heterocycles. The minimum absolute atomic E-state index is 0.00695. The van der Waals surface area contributed by atoms with Gasteiger partial charge in [-0.05, 0) is 6.42 Å². The quantitative estimate of drug-likeness (QED) is 0.758. The van der Waals surface area contributed by atoms with Crippen LogP contribution in [0.25, 0.3) is 0 Å². The predicted molar refractivity (Wildman–Crippen MR) is 55.6 cm³/mol. The Morgan fingerprint density at radius 3 is 3.06 bits per heavy atom. The third-order valence-corrected chi connectivity index (χ3v) is 2.79. The van der Waals surface area contributed by atoms with Gasteiger partial charge in [0.1, 0.15) is 12.2 Å². The van der Waals surface area contributed by atoms with Crippen molar-refractivity contribution in [2.24, 2.45) is 0 Å². The van der Waals surface area contributed by atoms with Gasteiger partial charge in [-0.3, -0.25) is 14.7 Å². The number of H-pyrrole nitrogens is 1. The molecule has 6 heteroatoms. The molecule has 2 heterocycles. The molecule has 1 aliphatic rings. The Labute approximate surface area is 92.8 Å². The molecule has 1 fully saturated rings. The van der Waals surface area contributed by atoms with E-state index in [0.717, 1.165) is 0 Å². The molecule has 0 aliphatic carbocycles. The maximum Gasteiger partial charge on any atom is 0.220 e. The minimum atomic E-state index is -0.308. The van der Waals surface area contributed by atoms with E-state index >= 15 is 0 Å². The zero-order valence-electron chi connectivity index (χ0n) is 9.06. The molecule has 0 radical (unpaired) electrons. The number of rotatable bonds is 4. The molecule has 1 aromatic rings. The van der Waals surface area contributed by atoms with Crippen LogP contribution in [0.3, 0.4) is 0 Å². The molecule has 0 saturated carbocycles. The molecule has 86 valence electrons. The average Bonchev–Trinajstić information content (AvgIpc) is 2.87. The summed E-state index contributed by atoms with van der Waals surface area (Å²) in [6.07, 6.45) is 2.86. The first-order chi connectivity index (χ1) is 7.66. The summed E-state index contributed by atoms with van der Waals surface area (Å²) < 4.78 is 0. The molecule has 6 nitrogen and oxygen atoms in total. The molecule has 1 amide bonds. The highest BCUT2D eigenvalue weighted by Crippen LogP contribution is 2.18. The number of nitrogens with one attached hydrogen (secondary N) is 2. The van der Waals surface area contributed by atoms with Gasteiger partial charge >= 0.3 is 0 Å². The first-order valence-corrected chi connectivity index (χ1v) is 5.34. The molecule has 2 atom stereocenters. The summed E-state index contributed by atoms with van der Waals surface area (Å²) in [5.41, 5.74) is 0. The molecule has 2 N–H and O–H groups in total. The van der Waals surface area contributed by atoms with Crippen molar-refractivity contribution in [1.29, 1.82) is 0 Å². The molecule has 0 unspecified atom stereocenters. The molecule has 16 heavy (non-hydrogen) atoms. The van der Waals surface area contributed by atoms with Gasteiger partial charge < -0.3 is 5.32 Å². The Morgan fingerprint density at radius 1 is 1.69 bits per heavy atom. The highest BCUT2D eigenvalue weighted by atomic mass is 16.2. The van der Waals surface area contributed by atoms with Crippen molar-refractivity contribution < 1.29 is 9.59 Å². The minimum Gasteiger partial charge on any atom is -0.346 e. The van der Waals surface area contributed by atoms with Crippen molar-refractivity contribution in [2.45, 2.75) is 38.1 Å². The molecule has 0 aromatic carbocycles. The summed E-state index contributed by atoms with van der Waals surface area (Å²) in [7, 11) is 0. The van der Waals surface area contributed by atoms with Crippen molar-refractivity contribution in [3.63, 3.8) is 0 Å². The number of aromatic nitrogens is 3. The Hall–Kier alpha value is -1.72. The van der Waals surface area contributed by atoms with E-state index in [1.807, 2.05) is 6.92 Å². The number of carbonyl (C=O) groups is 2. The van der Waals surface area contributed by atoms with Crippen LogP contribution in [0.4, 0.5) is 0 Å². The highest BCUT2D eigenvalue weighted by molar-refractivity contribution is 5.92. The zero-order valence-corrected chi connectivity index (χ0v) is 9.06. The highest BCUT2D eigenvalue weighted by Gasteiger charge is 2.28. The molecule has 1 aliphatic heterocycles. The van der Waals surface area contributed by atoms with Crippen LogP contribution >= 0.6 is 0 Å². The normalized spacial score (nSPS) is 21.8. The van der Waals surface area contributed by atoms with Gasteiger partial charge in [-0.25, -0.2) is 4.98 Å². The van der Waals surface area contributed by atoms with E-state index in [2.05, 4.69) is 20.5 Å². The van der Waals surface area contributed by atoms with Gasteiger partial charge in [0.25, 0.3) is 0 Å². The number of ketones is 1. The number of carbonyl (C=O) groups excluding carboxylic acids is 2. The molecule has 0 bridgehead atoms. The Morgan fingerprint density at radius 2 is 2.50 bits per heavy atom. The van der Waals surface area contributed by atoms with E-state index in [4.69, 9.17) is 0 Å². The average molecular weight is 222 g/mol. The zero-order chi connectivity index (χ0) is 11.5. The maximum atomic E-state index is 11.8. The summed E-state index contributed by atoms with van der Waals surface area (Å²) in [6, 6.07) is -0.308. The van der Waals surface area contributed by atoms with E-state index in [1.54, 1.807) is 0 Å². The van der Waals surface area contributed by atoms with Crippen LogP contribution in [0.2, 0.25) is 0 Å². The van der Waals surface area contributed by atoms with Gasteiger partial charge in [-0.1, -0.05) is 6.92 Å². The van der Waals surface area contributed by atoms with Crippen LogP contribution in [0.5, 0.6) is 0 Å². The van der Waals surface area contributed by atoms with Crippen LogP contribution in [0, 0.1) is 0 Å². The monoisotopic (exact) mass is 222 g/mol. The fourth-order valence-electron chi connectivity index (χ4n) is 1.85. The van der Waals surface area contributed by atoms with Gasteiger partial charge in [-0.2, -0.15) is 5.10 Å². The number of hydrogen-bond donors (Lipinski definition) is 2. The van der Waals surface area contributed by atoms with Crippen LogP contribution in [-0.2, 0) is 9.59 Å². The first-order valence-electron chi connectivity index (χ1n) is 5.34. The topological polar surface area (TPSA) is 87.7 Å². The second-order valence-corrected chi connectivity index (χ2v) is 4.10. The van der Waals surface area contributed by atoms with E-state index in [1.165, 1.54) is 6.33 Å². The standard InChI is InChI=1S/C10H14N4O2/c1-6(10-11-5-12-14-10)4-8(15)7-2-3-9(16)13-7/h5-7H,2-4H2,1H3,(H,13,16)(H,11,12,14)/t6-,7+/m1/s1. The van der Waals surface area contributed by atoms with Crippen LogP contribution in [-0.4, -0.2) is 32.9 Å². The number of amides is 1. The van der Waals surface area contributed by atoms with Crippen molar-refractivity contribution >= 4 is 11.7 Å². The SMILES string of the molecule is C[C@H](CC(=O)[C@@H]1CCC(=O)N1)c1ncn[nH]1. The Bertz CT molecular complexity index is 388. The van der Waals surface area contributed by atoms with Crippen molar-refractivity contribution in [1.82, 2.24) is 20.5 Å². The lowest BCUT2D eigenvalue weighted by molar-refractivity contribution is -0.124. The van der Waals surface area contributed by atoms with Crippen LogP contribution in [0.15, 0.2) is 6.33 Å². The summed E-state index contributed by atoms with van der Waals surface area (Å²) in [6.45, 7) is 1.91. The van der Waals surface area contributed by atoms with Crippen LogP contribution in [0.1, 0.15) is 37.9 Å². The van der Waals surface area contributed by atoms with E-state index in [-0.39, 0.29) is 23.7 Å². The summed E-state index contributed by atoms with van der Waals surface area (Å²) >= 11 is 0. The third-order valence-electron chi connectivity index (χ3n) is 2.79. The third kappa shape index (κ3) is 2.26. The summed E-state index contributed by atoms with van der Waals surface area (Å²) in [5, 5.41) is 9.15. The van der Waals surface area contributed by atoms with E-state index in [9.17, 15) is 9.59 Å². The molecule has 2 rings (SSSR count). The molecule has 0 spiro atoms. The van der Waals surface area contributed by atoms with Crippen LogP contribution < -0.4 is 5.32 Å². The largest absolute Gasteiger partial charge is 0.346 e. The number of hydrogen-bond acceptors (Lipinski definition) is 4. The summed E-state index contributed by atoms with van der Waals surface area (Å²) in [5.74, 6) is 0.741. The van der Waals surface area contributed by atoms with Crippen molar-refractivity contribution in [2.75, 3.05) is 0 Å². The number of nitrogens with zero attached hydrogens (tertiary/aromatic N) is 2. The Balaban J connectivity index is 1.90. The van der Waals surface area contributed by atoms with E-state index in [0.29, 0.717) is 25.1 Å².